The summed E-state index contributed by atoms with van der Waals surface area (Å²) in [5.41, 5.74) is 5.96. The van der Waals surface area contributed by atoms with Gasteiger partial charge in [-0.05, 0) is 81.5 Å². The molecule has 0 heterocycles. The largest absolute Gasteiger partial charge is 0.481 e. The molecule has 3 heteroatoms. The van der Waals surface area contributed by atoms with E-state index in [0.717, 1.165) is 11.1 Å². The van der Waals surface area contributed by atoms with Gasteiger partial charge in [0.2, 0.25) is 0 Å². The number of aryl methyl sites for hydroxylation is 4. The molecule has 0 aliphatic carbocycles. The van der Waals surface area contributed by atoms with Gasteiger partial charge in [0.1, 0.15) is 5.75 Å². The van der Waals surface area contributed by atoms with Crippen molar-refractivity contribution in [1.29, 1.82) is 0 Å². The van der Waals surface area contributed by atoms with E-state index in [0.29, 0.717) is 5.75 Å². The van der Waals surface area contributed by atoms with E-state index in [4.69, 9.17) is 4.74 Å². The summed E-state index contributed by atoms with van der Waals surface area (Å²) in [4.78, 5) is 12.4. The van der Waals surface area contributed by atoms with Crippen LogP contribution in [0.15, 0.2) is 36.4 Å². The molecule has 0 bridgehead atoms. The molecule has 2 aromatic carbocycles. The number of rotatable bonds is 5. The second-order valence-electron chi connectivity index (χ2n) is 6.60. The molecule has 0 spiro atoms. The highest BCUT2D eigenvalue weighted by molar-refractivity contribution is 5.81. The fourth-order valence-electron chi connectivity index (χ4n) is 2.80. The maximum Gasteiger partial charge on any atom is 0.261 e. The lowest BCUT2D eigenvalue weighted by molar-refractivity contribution is -0.127. The van der Waals surface area contributed by atoms with E-state index in [1.165, 1.54) is 16.7 Å². The van der Waals surface area contributed by atoms with E-state index in [1.807, 2.05) is 38.1 Å². The summed E-state index contributed by atoms with van der Waals surface area (Å²) in [6, 6.07) is 12.0. The smallest absolute Gasteiger partial charge is 0.261 e. The van der Waals surface area contributed by atoms with E-state index in [-0.39, 0.29) is 11.9 Å². The monoisotopic (exact) mass is 325 g/mol. The van der Waals surface area contributed by atoms with Gasteiger partial charge in [0.15, 0.2) is 6.10 Å². The van der Waals surface area contributed by atoms with Gasteiger partial charge in [-0.25, -0.2) is 0 Å². The SMILES string of the molecule is Cc1cccc(O[C@@H](C)C(=O)N[C@@H](C)c2cc(C)c(C)cc2C)c1. The lowest BCUT2D eigenvalue weighted by Gasteiger charge is -2.21. The first-order chi connectivity index (χ1) is 11.3. The molecular weight excluding hydrogens is 298 g/mol. The maximum absolute atomic E-state index is 12.4. The van der Waals surface area contributed by atoms with Crippen LogP contribution in [0.2, 0.25) is 0 Å². The first kappa shape index (κ1) is 18.1. The zero-order valence-electron chi connectivity index (χ0n) is 15.4. The van der Waals surface area contributed by atoms with Gasteiger partial charge in [-0.15, -0.1) is 0 Å². The molecule has 2 aromatic rings. The van der Waals surface area contributed by atoms with Crippen LogP contribution in [-0.2, 0) is 4.79 Å². The van der Waals surface area contributed by atoms with Gasteiger partial charge in [0, 0.05) is 0 Å². The van der Waals surface area contributed by atoms with Gasteiger partial charge in [-0.3, -0.25) is 4.79 Å². The lowest BCUT2D eigenvalue weighted by Crippen LogP contribution is -2.38. The number of amides is 1. The standard InChI is InChI=1S/C21H27NO2/c1-13-8-7-9-19(10-13)24-18(6)21(23)22-17(5)20-12-15(3)14(2)11-16(20)4/h7-12,17-18H,1-6H3,(H,22,23)/t17-,18-/m0/s1. The molecule has 0 aliphatic heterocycles. The van der Waals surface area contributed by atoms with Crippen LogP contribution in [0.5, 0.6) is 5.75 Å². The number of ether oxygens (including phenoxy) is 1. The third-order valence-corrected chi connectivity index (χ3v) is 4.38. The van der Waals surface area contributed by atoms with Gasteiger partial charge in [0.05, 0.1) is 6.04 Å². The number of carbonyl (C=O) groups excluding carboxylic acids is 1. The lowest BCUT2D eigenvalue weighted by atomic mass is 9.96. The first-order valence-corrected chi connectivity index (χ1v) is 8.39. The number of benzene rings is 2. The summed E-state index contributed by atoms with van der Waals surface area (Å²) in [6.45, 7) is 12.1. The van der Waals surface area contributed by atoms with Crippen molar-refractivity contribution in [3.63, 3.8) is 0 Å². The van der Waals surface area contributed by atoms with Crippen molar-refractivity contribution in [2.24, 2.45) is 0 Å². The molecule has 128 valence electrons. The average molecular weight is 325 g/mol. The van der Waals surface area contributed by atoms with E-state index >= 15 is 0 Å². The van der Waals surface area contributed by atoms with Crippen molar-refractivity contribution in [1.82, 2.24) is 5.32 Å². The van der Waals surface area contributed by atoms with Crippen molar-refractivity contribution in [3.05, 3.63) is 64.2 Å². The Bertz CT molecular complexity index is 737. The molecule has 0 saturated heterocycles. The first-order valence-electron chi connectivity index (χ1n) is 8.39. The van der Waals surface area contributed by atoms with Crippen LogP contribution in [0.4, 0.5) is 0 Å². The molecular formula is C21H27NO2. The summed E-state index contributed by atoms with van der Waals surface area (Å²) in [5, 5.41) is 3.05. The van der Waals surface area contributed by atoms with E-state index in [1.54, 1.807) is 6.92 Å². The Hall–Kier alpha value is -2.29. The number of hydrogen-bond donors (Lipinski definition) is 1. The Morgan fingerprint density at radius 2 is 1.62 bits per heavy atom. The van der Waals surface area contributed by atoms with E-state index in [9.17, 15) is 4.79 Å². The molecule has 0 saturated carbocycles. The predicted octanol–water partition coefficient (Wildman–Crippen LogP) is 4.56. The fraction of sp³-hybridized carbons (Fsp3) is 0.381. The van der Waals surface area contributed by atoms with Gasteiger partial charge in [0.25, 0.3) is 5.91 Å². The van der Waals surface area contributed by atoms with E-state index < -0.39 is 6.10 Å². The third kappa shape index (κ3) is 4.38. The highest BCUT2D eigenvalue weighted by Gasteiger charge is 2.19. The van der Waals surface area contributed by atoms with Gasteiger partial charge < -0.3 is 10.1 Å². The van der Waals surface area contributed by atoms with Crippen LogP contribution in [0.3, 0.4) is 0 Å². The highest BCUT2D eigenvalue weighted by atomic mass is 16.5. The summed E-state index contributed by atoms with van der Waals surface area (Å²) >= 11 is 0. The summed E-state index contributed by atoms with van der Waals surface area (Å²) in [5.74, 6) is 0.606. The Morgan fingerprint density at radius 3 is 2.29 bits per heavy atom. The second kappa shape index (κ2) is 7.52. The second-order valence-corrected chi connectivity index (χ2v) is 6.60. The topological polar surface area (TPSA) is 38.3 Å². The van der Waals surface area contributed by atoms with Crippen molar-refractivity contribution in [2.45, 2.75) is 53.7 Å². The number of nitrogens with one attached hydrogen (secondary N) is 1. The molecule has 2 rings (SSSR count). The molecule has 0 unspecified atom stereocenters. The predicted molar refractivity (Wildman–Crippen MR) is 98.5 cm³/mol. The summed E-state index contributed by atoms with van der Waals surface area (Å²) in [6.07, 6.45) is -0.541. The third-order valence-electron chi connectivity index (χ3n) is 4.38. The molecule has 2 atom stereocenters. The molecule has 0 aromatic heterocycles. The van der Waals surface area contributed by atoms with Crippen molar-refractivity contribution in [3.8, 4) is 5.75 Å². The molecule has 0 radical (unpaired) electrons. The minimum Gasteiger partial charge on any atom is -0.481 e. The van der Waals surface area contributed by atoms with Gasteiger partial charge in [-0.1, -0.05) is 24.3 Å². The van der Waals surface area contributed by atoms with Crippen LogP contribution >= 0.6 is 0 Å². The zero-order valence-corrected chi connectivity index (χ0v) is 15.4. The minimum atomic E-state index is -0.541. The van der Waals surface area contributed by atoms with Crippen LogP contribution in [0.25, 0.3) is 0 Å². The maximum atomic E-state index is 12.4. The molecule has 3 nitrogen and oxygen atoms in total. The van der Waals surface area contributed by atoms with Crippen molar-refractivity contribution >= 4 is 5.91 Å². The normalized spacial score (nSPS) is 13.2. The van der Waals surface area contributed by atoms with Crippen molar-refractivity contribution < 1.29 is 9.53 Å². The Kier molecular flexibility index (Phi) is 5.66. The Morgan fingerprint density at radius 1 is 0.958 bits per heavy atom. The molecule has 0 fully saturated rings. The molecule has 1 amide bonds. The fourth-order valence-corrected chi connectivity index (χ4v) is 2.80. The van der Waals surface area contributed by atoms with Crippen LogP contribution in [-0.4, -0.2) is 12.0 Å². The Labute approximate surface area is 145 Å². The van der Waals surface area contributed by atoms with Gasteiger partial charge in [-0.2, -0.15) is 0 Å². The van der Waals surface area contributed by atoms with Crippen LogP contribution < -0.4 is 10.1 Å². The van der Waals surface area contributed by atoms with Gasteiger partial charge >= 0.3 is 0 Å². The van der Waals surface area contributed by atoms with Crippen LogP contribution in [0.1, 0.15) is 47.7 Å². The molecule has 24 heavy (non-hydrogen) atoms. The Balaban J connectivity index is 2.04. The molecule has 0 aliphatic rings. The minimum absolute atomic E-state index is 0.0552. The zero-order chi connectivity index (χ0) is 17.9. The average Bonchev–Trinajstić information content (AvgIpc) is 2.50. The number of carbonyl (C=O) groups is 1. The van der Waals surface area contributed by atoms with Crippen LogP contribution in [0, 0.1) is 27.7 Å². The summed E-state index contributed by atoms with van der Waals surface area (Å²) < 4.78 is 5.75. The van der Waals surface area contributed by atoms with E-state index in [2.05, 4.69) is 38.2 Å². The highest BCUT2D eigenvalue weighted by Crippen LogP contribution is 2.22. The molecule has 1 N–H and O–H groups in total. The van der Waals surface area contributed by atoms with Crippen molar-refractivity contribution in [2.75, 3.05) is 0 Å². The number of hydrogen-bond acceptors (Lipinski definition) is 2. The summed E-state index contributed by atoms with van der Waals surface area (Å²) in [7, 11) is 0. The quantitative estimate of drug-likeness (QED) is 0.875.